The van der Waals surface area contributed by atoms with E-state index in [1.165, 1.54) is 5.56 Å². The molecule has 0 N–H and O–H groups in total. The van der Waals surface area contributed by atoms with Crippen LogP contribution in [0.4, 0.5) is 0 Å². The van der Waals surface area contributed by atoms with Crippen LogP contribution in [0.2, 0.25) is 0 Å². The highest BCUT2D eigenvalue weighted by Crippen LogP contribution is 2.23. The van der Waals surface area contributed by atoms with E-state index < -0.39 is 0 Å². The zero-order valence-corrected chi connectivity index (χ0v) is 9.58. The highest BCUT2D eigenvalue weighted by atomic mass is 16.1. The lowest BCUT2D eigenvalue weighted by molar-refractivity contribution is 0.103. The quantitative estimate of drug-likeness (QED) is 0.542. The second kappa shape index (κ2) is 3.93. The molecule has 2 rings (SSSR count). The molecule has 80 valence electrons. The Kier molecular flexibility index (Phi) is 2.61. The molecule has 0 heterocycles. The first-order chi connectivity index (χ1) is 7.61. The molecule has 0 aliphatic heterocycles. The van der Waals surface area contributed by atoms with Crippen molar-refractivity contribution < 1.29 is 4.79 Å². The third-order valence-electron chi connectivity index (χ3n) is 2.77. The predicted octanol–water partition coefficient (Wildman–Crippen LogP) is 3.91. The van der Waals surface area contributed by atoms with Crippen molar-refractivity contribution in [1.82, 2.24) is 0 Å². The Morgan fingerprint density at radius 1 is 1.06 bits per heavy atom. The van der Waals surface area contributed by atoms with E-state index in [4.69, 9.17) is 0 Å². The molecule has 0 saturated heterocycles. The van der Waals surface area contributed by atoms with E-state index in [1.54, 1.807) is 6.92 Å². The highest BCUT2D eigenvalue weighted by Gasteiger charge is 2.10. The summed E-state index contributed by atoms with van der Waals surface area (Å²) in [5.74, 6) is 0.0243. The summed E-state index contributed by atoms with van der Waals surface area (Å²) in [6.45, 7) is 7.51. The summed E-state index contributed by atoms with van der Waals surface area (Å²) in [5.41, 5.74) is 2.51. The number of allylic oxidation sites excluding steroid dienone is 1. The number of hydrogen-bond donors (Lipinski definition) is 0. The van der Waals surface area contributed by atoms with Crippen molar-refractivity contribution in [3.63, 3.8) is 0 Å². The minimum atomic E-state index is 0.0243. The van der Waals surface area contributed by atoms with Crippen LogP contribution in [0.3, 0.4) is 0 Å². The fourth-order valence-corrected chi connectivity index (χ4v) is 1.88. The fourth-order valence-electron chi connectivity index (χ4n) is 1.88. The zero-order valence-electron chi connectivity index (χ0n) is 9.58. The molecule has 0 saturated carbocycles. The fraction of sp³-hybridized carbons (Fsp3) is 0.133. The van der Waals surface area contributed by atoms with Gasteiger partial charge in [-0.05, 0) is 35.8 Å². The van der Waals surface area contributed by atoms with Crippen molar-refractivity contribution in [2.75, 3.05) is 0 Å². The largest absolute Gasteiger partial charge is 0.289 e. The topological polar surface area (TPSA) is 17.1 Å². The van der Waals surface area contributed by atoms with Crippen LogP contribution >= 0.6 is 0 Å². The smallest absolute Gasteiger partial charge is 0.188 e. The molecule has 0 aromatic heterocycles. The monoisotopic (exact) mass is 210 g/mol. The number of carbonyl (C=O) groups is 1. The van der Waals surface area contributed by atoms with Gasteiger partial charge >= 0.3 is 0 Å². The number of fused-ring (bicyclic) bond motifs is 1. The number of Topliss-reactive ketones (excluding diaryl/α,β-unsaturated/α-hetero) is 1. The van der Waals surface area contributed by atoms with E-state index in [1.807, 2.05) is 36.4 Å². The van der Waals surface area contributed by atoms with Crippen LogP contribution in [0.15, 0.2) is 48.6 Å². The van der Waals surface area contributed by atoms with Gasteiger partial charge in [-0.15, -0.1) is 0 Å². The number of carbonyl (C=O) groups excluding carboxylic acids is 1. The highest BCUT2D eigenvalue weighted by molar-refractivity contribution is 6.16. The third-order valence-corrected chi connectivity index (χ3v) is 2.77. The molecule has 1 nitrogen and oxygen atoms in total. The number of ketones is 1. The number of benzene rings is 2. The lowest BCUT2D eigenvalue weighted by Crippen LogP contribution is -2.00. The average Bonchev–Trinajstić information content (AvgIpc) is 2.29. The van der Waals surface area contributed by atoms with Crippen LogP contribution in [-0.2, 0) is 0 Å². The second-order valence-corrected chi connectivity index (χ2v) is 4.09. The van der Waals surface area contributed by atoms with Gasteiger partial charge in [0.05, 0.1) is 0 Å². The Bertz CT molecular complexity index is 579. The Morgan fingerprint density at radius 3 is 2.31 bits per heavy atom. The summed E-state index contributed by atoms with van der Waals surface area (Å²) in [4.78, 5) is 12.0. The van der Waals surface area contributed by atoms with Gasteiger partial charge in [-0.1, -0.05) is 43.0 Å². The first-order valence-electron chi connectivity index (χ1n) is 5.30. The van der Waals surface area contributed by atoms with Crippen LogP contribution in [0.25, 0.3) is 10.8 Å². The van der Waals surface area contributed by atoms with E-state index >= 15 is 0 Å². The maximum Gasteiger partial charge on any atom is 0.188 e. The Labute approximate surface area is 95.4 Å². The van der Waals surface area contributed by atoms with Crippen LogP contribution in [0, 0.1) is 6.92 Å². The minimum Gasteiger partial charge on any atom is -0.289 e. The number of aryl methyl sites for hydroxylation is 1. The molecule has 0 unspecified atom stereocenters. The average molecular weight is 210 g/mol. The molecular weight excluding hydrogens is 196 g/mol. The summed E-state index contributed by atoms with van der Waals surface area (Å²) in [7, 11) is 0. The molecule has 0 radical (unpaired) electrons. The second-order valence-electron chi connectivity index (χ2n) is 4.09. The zero-order chi connectivity index (χ0) is 11.7. The summed E-state index contributed by atoms with van der Waals surface area (Å²) >= 11 is 0. The summed E-state index contributed by atoms with van der Waals surface area (Å²) in [6, 6.07) is 11.8. The van der Waals surface area contributed by atoms with Crippen molar-refractivity contribution in [2.24, 2.45) is 0 Å². The molecule has 0 spiro atoms. The van der Waals surface area contributed by atoms with E-state index in [9.17, 15) is 4.79 Å². The number of rotatable bonds is 2. The first-order valence-corrected chi connectivity index (χ1v) is 5.30. The van der Waals surface area contributed by atoms with Crippen molar-refractivity contribution in [3.05, 3.63) is 59.7 Å². The van der Waals surface area contributed by atoms with E-state index in [-0.39, 0.29) is 5.78 Å². The van der Waals surface area contributed by atoms with Gasteiger partial charge in [-0.3, -0.25) is 4.79 Å². The van der Waals surface area contributed by atoms with Gasteiger partial charge in [-0.2, -0.15) is 0 Å². The first kappa shape index (κ1) is 10.6. The standard InChI is InChI=1S/C15H14O/c1-10(2)15(16)14-9-8-11(3)12-6-4-5-7-13(12)14/h4-9H,1H2,2-3H3. The van der Waals surface area contributed by atoms with E-state index in [0.717, 1.165) is 16.3 Å². The van der Waals surface area contributed by atoms with Crippen LogP contribution < -0.4 is 0 Å². The van der Waals surface area contributed by atoms with Crippen LogP contribution in [-0.4, -0.2) is 5.78 Å². The van der Waals surface area contributed by atoms with Crippen molar-refractivity contribution in [2.45, 2.75) is 13.8 Å². The van der Waals surface area contributed by atoms with Gasteiger partial charge in [0.1, 0.15) is 0 Å². The van der Waals surface area contributed by atoms with Gasteiger partial charge in [0.15, 0.2) is 5.78 Å². The molecule has 16 heavy (non-hydrogen) atoms. The molecule has 0 aliphatic rings. The maximum absolute atomic E-state index is 12.0. The SMILES string of the molecule is C=C(C)C(=O)c1ccc(C)c2ccccc12. The Balaban J connectivity index is 2.77. The summed E-state index contributed by atoms with van der Waals surface area (Å²) < 4.78 is 0. The normalized spacial score (nSPS) is 10.4. The van der Waals surface area contributed by atoms with E-state index in [0.29, 0.717) is 5.57 Å². The third kappa shape index (κ3) is 1.65. The molecular formula is C15H14O. The molecule has 0 atom stereocenters. The summed E-state index contributed by atoms with van der Waals surface area (Å²) in [6.07, 6.45) is 0. The van der Waals surface area contributed by atoms with Crippen molar-refractivity contribution in [3.8, 4) is 0 Å². The van der Waals surface area contributed by atoms with Gasteiger partial charge in [0.25, 0.3) is 0 Å². The van der Waals surface area contributed by atoms with Gasteiger partial charge in [-0.25, -0.2) is 0 Å². The molecule has 0 aliphatic carbocycles. The Morgan fingerprint density at radius 2 is 1.69 bits per heavy atom. The van der Waals surface area contributed by atoms with Crippen molar-refractivity contribution in [1.29, 1.82) is 0 Å². The minimum absolute atomic E-state index is 0.0243. The molecule has 2 aromatic carbocycles. The lowest BCUT2D eigenvalue weighted by Gasteiger charge is -2.07. The molecule has 0 amide bonds. The Hall–Kier alpha value is -1.89. The predicted molar refractivity (Wildman–Crippen MR) is 67.8 cm³/mol. The summed E-state index contributed by atoms with van der Waals surface area (Å²) in [5, 5.41) is 2.14. The maximum atomic E-state index is 12.0. The van der Waals surface area contributed by atoms with Crippen LogP contribution in [0.1, 0.15) is 22.8 Å². The molecule has 1 heteroatoms. The van der Waals surface area contributed by atoms with Crippen LogP contribution in [0.5, 0.6) is 0 Å². The van der Waals surface area contributed by atoms with Gasteiger partial charge < -0.3 is 0 Å². The number of hydrogen-bond acceptors (Lipinski definition) is 1. The van der Waals surface area contributed by atoms with Gasteiger partial charge in [0, 0.05) is 5.56 Å². The van der Waals surface area contributed by atoms with Crippen molar-refractivity contribution >= 4 is 16.6 Å². The van der Waals surface area contributed by atoms with Gasteiger partial charge in [0.2, 0.25) is 0 Å². The molecule has 2 aromatic rings. The molecule has 0 bridgehead atoms. The lowest BCUT2D eigenvalue weighted by atomic mass is 9.96. The van der Waals surface area contributed by atoms with E-state index in [2.05, 4.69) is 13.5 Å². The molecule has 0 fully saturated rings.